The van der Waals surface area contributed by atoms with E-state index >= 15 is 0 Å². The van der Waals surface area contributed by atoms with Gasteiger partial charge in [0.05, 0.1) is 0 Å². The molecule has 0 bridgehead atoms. The van der Waals surface area contributed by atoms with E-state index in [9.17, 15) is 4.79 Å². The number of allylic oxidation sites excluding steroid dienone is 1. The van der Waals surface area contributed by atoms with Crippen molar-refractivity contribution in [2.24, 2.45) is 0 Å². The molecule has 0 saturated heterocycles. The fourth-order valence-corrected chi connectivity index (χ4v) is 1.65. The van der Waals surface area contributed by atoms with Crippen LogP contribution in [0.4, 0.5) is 0 Å². The Kier molecular flexibility index (Phi) is 4.14. The van der Waals surface area contributed by atoms with Crippen LogP contribution in [0.3, 0.4) is 0 Å². The second-order valence-corrected chi connectivity index (χ2v) is 4.53. The summed E-state index contributed by atoms with van der Waals surface area (Å²) in [5, 5.41) is 0. The van der Waals surface area contributed by atoms with Gasteiger partial charge in [0.25, 0.3) is 0 Å². The van der Waals surface area contributed by atoms with Gasteiger partial charge in [0, 0.05) is 0 Å². The molecule has 1 aromatic rings. The number of hydrogen-bond acceptors (Lipinski definition) is 2. The van der Waals surface area contributed by atoms with Gasteiger partial charge in [-0.05, 0) is 0 Å². The van der Waals surface area contributed by atoms with Crippen LogP contribution in [-0.4, -0.2) is 33.4 Å². The molecule has 0 fully saturated rings. The van der Waals surface area contributed by atoms with Gasteiger partial charge in [-0.15, -0.1) is 0 Å². The molecule has 2 nitrogen and oxygen atoms in total. The Morgan fingerprint density at radius 1 is 1.42 bits per heavy atom. The fraction of sp³-hybridized carbons (Fsp3) is 0. The van der Waals surface area contributed by atoms with Crippen molar-refractivity contribution >= 4 is 36.4 Å². The van der Waals surface area contributed by atoms with E-state index in [2.05, 4.69) is 0 Å². The Balaban J connectivity index is 2.86. The Labute approximate surface area is 83.3 Å². The van der Waals surface area contributed by atoms with Crippen LogP contribution in [0.25, 0.3) is 6.08 Å². The van der Waals surface area contributed by atoms with Crippen molar-refractivity contribution < 1.29 is 7.94 Å². The maximum atomic E-state index is 10.2. The zero-order valence-corrected chi connectivity index (χ0v) is 9.40. The van der Waals surface area contributed by atoms with Crippen LogP contribution < -0.4 is 0 Å². The van der Waals surface area contributed by atoms with Gasteiger partial charge in [0.2, 0.25) is 0 Å². The zero-order chi connectivity index (χ0) is 8.81. The van der Waals surface area contributed by atoms with E-state index in [1.807, 2.05) is 30.3 Å². The average molecular weight is 356 g/mol. The van der Waals surface area contributed by atoms with Crippen LogP contribution >= 0.6 is 0 Å². The van der Waals surface area contributed by atoms with E-state index in [-0.39, 0.29) is 0 Å². The minimum absolute atomic E-state index is 0.432. The third kappa shape index (κ3) is 2.85. The van der Waals surface area contributed by atoms with Gasteiger partial charge in [0.1, 0.15) is 0 Å². The molecule has 1 radical (unpaired) electrons. The summed E-state index contributed by atoms with van der Waals surface area (Å²) < 4.78 is 9.25. The molecule has 12 heavy (non-hydrogen) atoms. The monoisotopic (exact) mass is 356 g/mol. The van der Waals surface area contributed by atoms with Crippen molar-refractivity contribution in [2.45, 2.75) is 0 Å². The van der Waals surface area contributed by atoms with Crippen LogP contribution in [0.15, 0.2) is 33.6 Å². The Morgan fingerprint density at radius 3 is 2.58 bits per heavy atom. The summed E-state index contributed by atoms with van der Waals surface area (Å²) in [6, 6.07) is 9.44. The Hall–Kier alpha value is -0.514. The number of rotatable bonds is 3. The topological polar surface area (TPSA) is 37.3 Å². The maximum absolute atomic E-state index is 10.2. The van der Waals surface area contributed by atoms with Gasteiger partial charge in [-0.1, -0.05) is 0 Å². The molecule has 0 saturated carbocycles. The third-order valence-electron chi connectivity index (χ3n) is 1.30. The van der Waals surface area contributed by atoms with E-state index in [0.29, 0.717) is 3.23 Å². The molecule has 1 rings (SSSR count). The normalized spacial score (nSPS) is 11.2. The molecule has 0 unspecified atom stereocenters. The number of carbonyl (C=O) groups excluding carboxylic acids is 1. The molecule has 0 amide bonds. The summed E-state index contributed by atoms with van der Waals surface area (Å²) >= 11 is -1.60. The fourth-order valence-electron chi connectivity index (χ4n) is 0.775. The Bertz CT molecular complexity index is 280. The first kappa shape index (κ1) is 9.57. The van der Waals surface area contributed by atoms with Gasteiger partial charge >= 0.3 is 83.4 Å². The van der Waals surface area contributed by atoms with Crippen LogP contribution in [0.5, 0.6) is 0 Å². The molecule has 0 aliphatic heterocycles. The van der Waals surface area contributed by atoms with Crippen LogP contribution in [0, 0.1) is 0 Å². The zero-order valence-electron chi connectivity index (χ0n) is 6.23. The molecule has 0 aromatic heterocycles. The second-order valence-electron chi connectivity index (χ2n) is 2.11. The summed E-state index contributed by atoms with van der Waals surface area (Å²) in [6.45, 7) is 0. The number of benzene rings is 1. The quantitative estimate of drug-likeness (QED) is 0.812. The Morgan fingerprint density at radius 2 is 2.08 bits per heavy atom. The molecule has 0 atom stereocenters. The average Bonchev–Trinajstić information content (AvgIpc) is 2.16. The van der Waals surface area contributed by atoms with Crippen molar-refractivity contribution in [3.05, 3.63) is 39.1 Å². The van der Waals surface area contributed by atoms with E-state index < -0.39 is 24.0 Å². The standard InChI is InChI=1S/C9H6O.H2O.Po/c10-8-4-7-9-5-2-1-3-6-9;;/h1-3,5-7H;1H2;/q;;+1/p-1. The van der Waals surface area contributed by atoms with Gasteiger partial charge in [-0.3, -0.25) is 0 Å². The SMILES string of the molecule is O=[C][C](=Cc1ccccc1)[Po][OH]. The van der Waals surface area contributed by atoms with Crippen LogP contribution in [-0.2, 0) is 4.79 Å². The first-order chi connectivity index (χ1) is 5.86. The molecule has 1 N–H and O–H groups in total. The molecular weight excluding hydrogens is 349 g/mol. The molecular formula is C9H7O2Po. The second kappa shape index (κ2) is 5.19. The first-order valence-electron chi connectivity index (χ1n) is 3.33. The predicted octanol–water partition coefficient (Wildman–Crippen LogP) is 0.749. The van der Waals surface area contributed by atoms with Gasteiger partial charge in [0.15, 0.2) is 0 Å². The van der Waals surface area contributed by atoms with Crippen molar-refractivity contribution in [3.63, 3.8) is 0 Å². The van der Waals surface area contributed by atoms with Crippen molar-refractivity contribution in [2.75, 3.05) is 0 Å². The number of hydrogen-bond donors (Lipinski definition) is 1. The van der Waals surface area contributed by atoms with Gasteiger partial charge in [-0.25, -0.2) is 0 Å². The molecule has 1 aromatic carbocycles. The summed E-state index contributed by atoms with van der Waals surface area (Å²) in [5.74, 6) is 0. The molecule has 0 heterocycles. The van der Waals surface area contributed by atoms with Crippen molar-refractivity contribution in [1.29, 1.82) is 0 Å². The van der Waals surface area contributed by atoms with E-state index in [1.54, 1.807) is 12.4 Å². The van der Waals surface area contributed by atoms with Crippen molar-refractivity contribution in [1.82, 2.24) is 0 Å². The summed E-state index contributed by atoms with van der Waals surface area (Å²) in [6.07, 6.45) is 3.41. The summed E-state index contributed by atoms with van der Waals surface area (Å²) in [4.78, 5) is 10.2. The summed E-state index contributed by atoms with van der Waals surface area (Å²) in [7, 11) is 0. The minimum atomic E-state index is -1.60. The van der Waals surface area contributed by atoms with Crippen molar-refractivity contribution in [3.8, 4) is 0 Å². The van der Waals surface area contributed by atoms with Crippen LogP contribution in [0.2, 0.25) is 0 Å². The van der Waals surface area contributed by atoms with E-state index in [4.69, 9.17) is 3.14 Å². The molecule has 3 heteroatoms. The van der Waals surface area contributed by atoms with E-state index in [0.717, 1.165) is 5.56 Å². The first-order valence-corrected chi connectivity index (χ1v) is 6.34. The molecule has 0 aliphatic carbocycles. The predicted molar refractivity (Wildman–Crippen MR) is 48.1 cm³/mol. The van der Waals surface area contributed by atoms with Gasteiger partial charge < -0.3 is 0 Å². The van der Waals surface area contributed by atoms with Crippen LogP contribution in [0.1, 0.15) is 5.56 Å². The molecule has 0 aliphatic rings. The third-order valence-corrected chi connectivity index (χ3v) is 2.84. The van der Waals surface area contributed by atoms with Gasteiger partial charge in [-0.2, -0.15) is 0 Å². The molecule has 61 valence electrons. The molecule has 0 spiro atoms. The summed E-state index contributed by atoms with van der Waals surface area (Å²) in [5.41, 5.74) is 0.935. The van der Waals surface area contributed by atoms with E-state index in [1.165, 1.54) is 0 Å².